The molecule has 4 aromatic rings. The van der Waals surface area contributed by atoms with Gasteiger partial charge in [-0.2, -0.15) is 5.10 Å². The monoisotopic (exact) mass is 406 g/mol. The Labute approximate surface area is 171 Å². The van der Waals surface area contributed by atoms with E-state index in [1.165, 1.54) is 6.33 Å². The van der Waals surface area contributed by atoms with Crippen molar-refractivity contribution in [3.05, 3.63) is 36.4 Å². The van der Waals surface area contributed by atoms with Crippen LogP contribution in [-0.4, -0.2) is 42.8 Å². The first kappa shape index (κ1) is 18.4. The number of anilines is 1. The van der Waals surface area contributed by atoms with Crippen LogP contribution in [0.4, 0.5) is 5.82 Å². The average Bonchev–Trinajstić information content (AvgIpc) is 3.35. The topological polar surface area (TPSA) is 131 Å². The average molecular weight is 406 g/mol. The maximum atomic E-state index is 11.3. The normalized spacial score (nSPS) is 19.4. The summed E-state index contributed by atoms with van der Waals surface area (Å²) in [5.41, 5.74) is 9.32. The Hall–Kier alpha value is -3.62. The number of benzene rings is 1. The van der Waals surface area contributed by atoms with Crippen LogP contribution in [0.25, 0.3) is 27.8 Å². The first-order valence-corrected chi connectivity index (χ1v) is 9.94. The number of ether oxygens (including phenoxy) is 1. The molecule has 1 aromatic carbocycles. The summed E-state index contributed by atoms with van der Waals surface area (Å²) in [5.74, 6) is 1.05. The molecule has 1 fully saturated rings. The van der Waals surface area contributed by atoms with Gasteiger partial charge in [-0.1, -0.05) is 0 Å². The molecule has 154 valence electrons. The van der Waals surface area contributed by atoms with Crippen molar-refractivity contribution < 1.29 is 14.6 Å². The largest absolute Gasteiger partial charge is 0.497 e. The number of hydrogen-bond acceptors (Lipinski definition) is 6. The summed E-state index contributed by atoms with van der Waals surface area (Å²) >= 11 is 0. The fraction of sp³-hybridized carbons (Fsp3) is 0.333. The Morgan fingerprint density at radius 1 is 1.27 bits per heavy atom. The van der Waals surface area contributed by atoms with Gasteiger partial charge in [0.15, 0.2) is 5.82 Å². The lowest BCUT2D eigenvalue weighted by Gasteiger charge is -2.24. The molecule has 30 heavy (non-hydrogen) atoms. The fourth-order valence-electron chi connectivity index (χ4n) is 4.39. The second-order valence-electron chi connectivity index (χ2n) is 7.75. The summed E-state index contributed by atoms with van der Waals surface area (Å²) in [5, 5.41) is 14.7. The third-order valence-corrected chi connectivity index (χ3v) is 6.01. The number of H-pyrrole nitrogens is 1. The molecule has 1 saturated carbocycles. The smallest absolute Gasteiger partial charge is 0.306 e. The van der Waals surface area contributed by atoms with E-state index in [1.54, 1.807) is 11.6 Å². The van der Waals surface area contributed by atoms with Gasteiger partial charge in [-0.3, -0.25) is 4.79 Å². The first-order chi connectivity index (χ1) is 14.5. The molecule has 0 atom stereocenters. The summed E-state index contributed by atoms with van der Waals surface area (Å²) in [6.07, 6.45) is 4.21. The van der Waals surface area contributed by atoms with Crippen LogP contribution in [0.15, 0.2) is 30.6 Å². The number of carbonyl (C=O) groups is 1. The van der Waals surface area contributed by atoms with Crippen molar-refractivity contribution in [1.82, 2.24) is 24.6 Å². The van der Waals surface area contributed by atoms with Crippen LogP contribution < -0.4 is 10.5 Å². The number of hydrogen-bond donors (Lipinski definition) is 3. The van der Waals surface area contributed by atoms with E-state index in [-0.39, 0.29) is 11.8 Å². The molecule has 1 aliphatic rings. The highest BCUT2D eigenvalue weighted by atomic mass is 16.5. The van der Waals surface area contributed by atoms with E-state index in [4.69, 9.17) is 15.5 Å². The molecule has 0 unspecified atom stereocenters. The van der Waals surface area contributed by atoms with Crippen LogP contribution in [0.5, 0.6) is 5.75 Å². The Kier molecular flexibility index (Phi) is 4.30. The van der Waals surface area contributed by atoms with Crippen LogP contribution in [-0.2, 0) is 4.79 Å². The van der Waals surface area contributed by atoms with Gasteiger partial charge < -0.3 is 20.6 Å². The van der Waals surface area contributed by atoms with E-state index in [0.29, 0.717) is 29.9 Å². The number of rotatable bonds is 4. The van der Waals surface area contributed by atoms with E-state index in [9.17, 15) is 9.90 Å². The maximum Gasteiger partial charge on any atom is 0.306 e. The Bertz CT molecular complexity index is 1250. The zero-order valence-electron chi connectivity index (χ0n) is 16.5. The van der Waals surface area contributed by atoms with Crippen molar-refractivity contribution in [2.75, 3.05) is 12.8 Å². The molecule has 4 N–H and O–H groups in total. The molecule has 0 amide bonds. The molecule has 0 bridgehead atoms. The van der Waals surface area contributed by atoms with Gasteiger partial charge in [0.05, 0.1) is 18.7 Å². The number of methoxy groups -OCH3 is 1. The van der Waals surface area contributed by atoms with E-state index in [0.717, 1.165) is 41.0 Å². The van der Waals surface area contributed by atoms with Crippen molar-refractivity contribution in [3.8, 4) is 17.1 Å². The minimum absolute atomic E-state index is 0.126. The highest BCUT2D eigenvalue weighted by Gasteiger charge is 2.31. The zero-order valence-corrected chi connectivity index (χ0v) is 16.5. The SMILES string of the molecule is COc1ccc2cc(-c3nc(C4CCC(C(=O)O)CC4)n4ncnc(N)c34)[nH]c2c1. The number of nitrogens with two attached hydrogens (primary N) is 1. The van der Waals surface area contributed by atoms with Crippen molar-refractivity contribution >= 4 is 28.2 Å². The van der Waals surface area contributed by atoms with E-state index < -0.39 is 5.97 Å². The van der Waals surface area contributed by atoms with Crippen LogP contribution in [0, 0.1) is 5.92 Å². The first-order valence-electron chi connectivity index (χ1n) is 9.94. The van der Waals surface area contributed by atoms with Gasteiger partial charge in [0.25, 0.3) is 0 Å². The van der Waals surface area contributed by atoms with Gasteiger partial charge in [0, 0.05) is 22.9 Å². The molecular weight excluding hydrogens is 384 g/mol. The fourth-order valence-corrected chi connectivity index (χ4v) is 4.39. The second-order valence-corrected chi connectivity index (χ2v) is 7.75. The Morgan fingerprint density at radius 3 is 2.80 bits per heavy atom. The van der Waals surface area contributed by atoms with Crippen molar-refractivity contribution in [2.45, 2.75) is 31.6 Å². The Morgan fingerprint density at radius 2 is 2.07 bits per heavy atom. The lowest BCUT2D eigenvalue weighted by atomic mass is 9.82. The van der Waals surface area contributed by atoms with E-state index in [2.05, 4.69) is 15.1 Å². The van der Waals surface area contributed by atoms with Gasteiger partial charge in [0.1, 0.15) is 29.1 Å². The number of aliphatic carboxylic acids is 1. The van der Waals surface area contributed by atoms with Gasteiger partial charge in [-0.05, 0) is 43.9 Å². The molecule has 9 heteroatoms. The lowest BCUT2D eigenvalue weighted by Crippen LogP contribution is -2.21. The minimum atomic E-state index is -0.720. The van der Waals surface area contributed by atoms with E-state index in [1.807, 2.05) is 24.3 Å². The number of imidazole rings is 1. The lowest BCUT2D eigenvalue weighted by molar-refractivity contribution is -0.142. The predicted octanol–water partition coefficient (Wildman–Crippen LogP) is 3.22. The Balaban J connectivity index is 1.60. The summed E-state index contributed by atoms with van der Waals surface area (Å²) in [6, 6.07) is 7.86. The summed E-state index contributed by atoms with van der Waals surface area (Å²) in [4.78, 5) is 23.8. The van der Waals surface area contributed by atoms with Crippen LogP contribution in [0.1, 0.15) is 37.4 Å². The van der Waals surface area contributed by atoms with Gasteiger partial charge >= 0.3 is 5.97 Å². The summed E-state index contributed by atoms with van der Waals surface area (Å²) < 4.78 is 7.07. The number of aromatic amines is 1. The standard InChI is InChI=1S/C21H22N6O3/c1-30-14-7-6-13-8-16(25-15(13)9-14)17-18-19(22)23-10-24-27(18)20(26-17)11-2-4-12(5-3-11)21(28)29/h6-12,25H,2-5H2,1H3,(H,28,29)(H2,22,23,24). The molecule has 0 radical (unpaired) electrons. The molecule has 0 spiro atoms. The predicted molar refractivity (Wildman–Crippen MR) is 111 cm³/mol. The number of nitrogens with one attached hydrogen (secondary N) is 1. The van der Waals surface area contributed by atoms with Crippen molar-refractivity contribution in [1.29, 1.82) is 0 Å². The summed E-state index contributed by atoms with van der Waals surface area (Å²) in [6.45, 7) is 0. The molecule has 5 rings (SSSR count). The maximum absolute atomic E-state index is 11.3. The summed E-state index contributed by atoms with van der Waals surface area (Å²) in [7, 11) is 1.64. The van der Waals surface area contributed by atoms with Gasteiger partial charge in [-0.15, -0.1) is 0 Å². The van der Waals surface area contributed by atoms with Crippen LogP contribution in [0.2, 0.25) is 0 Å². The number of aromatic nitrogens is 5. The third kappa shape index (κ3) is 2.94. The number of nitrogens with zero attached hydrogens (tertiary/aromatic N) is 4. The molecule has 3 aromatic heterocycles. The number of fused-ring (bicyclic) bond motifs is 2. The quantitative estimate of drug-likeness (QED) is 0.474. The van der Waals surface area contributed by atoms with E-state index >= 15 is 0 Å². The van der Waals surface area contributed by atoms with Crippen molar-refractivity contribution in [3.63, 3.8) is 0 Å². The molecule has 0 aliphatic heterocycles. The van der Waals surface area contributed by atoms with Crippen molar-refractivity contribution in [2.24, 2.45) is 5.92 Å². The minimum Gasteiger partial charge on any atom is -0.497 e. The highest BCUT2D eigenvalue weighted by molar-refractivity contribution is 5.91. The third-order valence-electron chi connectivity index (χ3n) is 6.01. The molecular formula is C21H22N6O3. The zero-order chi connectivity index (χ0) is 20.8. The molecule has 0 saturated heterocycles. The number of carboxylic acids is 1. The van der Waals surface area contributed by atoms with Gasteiger partial charge in [-0.25, -0.2) is 14.5 Å². The molecule has 1 aliphatic carbocycles. The second kappa shape index (κ2) is 7.01. The number of nitrogen functional groups attached to an aromatic ring is 1. The highest BCUT2D eigenvalue weighted by Crippen LogP contribution is 2.38. The van der Waals surface area contributed by atoms with Crippen LogP contribution in [0.3, 0.4) is 0 Å². The van der Waals surface area contributed by atoms with Gasteiger partial charge in [0.2, 0.25) is 0 Å². The van der Waals surface area contributed by atoms with Crippen LogP contribution >= 0.6 is 0 Å². The molecule has 9 nitrogen and oxygen atoms in total. The molecule has 3 heterocycles. The number of carboxylic acid groups (broad SMARTS) is 1.